The predicted octanol–water partition coefficient (Wildman–Crippen LogP) is 5.42. The summed E-state index contributed by atoms with van der Waals surface area (Å²) in [6.45, 7) is 7.93. The van der Waals surface area contributed by atoms with Gasteiger partial charge in [-0.2, -0.15) is 8.42 Å². The van der Waals surface area contributed by atoms with Crippen LogP contribution >= 0.6 is 0 Å². The molecule has 0 fully saturated rings. The molecular formula is C23H30O4S. The fourth-order valence-electron chi connectivity index (χ4n) is 2.83. The smallest absolute Gasteiger partial charge is 0.297 e. The van der Waals surface area contributed by atoms with Gasteiger partial charge in [0, 0.05) is 0 Å². The van der Waals surface area contributed by atoms with E-state index in [0.29, 0.717) is 13.0 Å². The van der Waals surface area contributed by atoms with E-state index in [9.17, 15) is 8.42 Å². The van der Waals surface area contributed by atoms with Gasteiger partial charge in [0.1, 0.15) is 6.10 Å². The van der Waals surface area contributed by atoms with Crippen molar-refractivity contribution in [1.82, 2.24) is 0 Å². The summed E-state index contributed by atoms with van der Waals surface area (Å²) >= 11 is 0. The lowest BCUT2D eigenvalue weighted by Gasteiger charge is -2.24. The second-order valence-corrected chi connectivity index (χ2v) is 8.55. The van der Waals surface area contributed by atoms with Crippen molar-refractivity contribution >= 4 is 10.1 Å². The third-order valence-electron chi connectivity index (χ3n) is 4.59. The molecule has 0 aromatic heterocycles. The summed E-state index contributed by atoms with van der Waals surface area (Å²) in [5.74, 6) is 0. The minimum absolute atomic E-state index is 0.171. The first-order valence-electron chi connectivity index (χ1n) is 9.69. The van der Waals surface area contributed by atoms with Gasteiger partial charge in [-0.1, -0.05) is 60.5 Å². The lowest BCUT2D eigenvalue weighted by molar-refractivity contribution is -0.0251. The zero-order valence-corrected chi connectivity index (χ0v) is 17.5. The van der Waals surface area contributed by atoms with E-state index in [2.05, 4.69) is 6.58 Å². The van der Waals surface area contributed by atoms with E-state index in [-0.39, 0.29) is 11.0 Å². The fraction of sp³-hybridized carbons (Fsp3) is 0.391. The van der Waals surface area contributed by atoms with Crippen LogP contribution in [0.25, 0.3) is 0 Å². The molecule has 0 heterocycles. The van der Waals surface area contributed by atoms with Gasteiger partial charge in [0.25, 0.3) is 10.1 Å². The monoisotopic (exact) mass is 402 g/mol. The number of aryl methyl sites for hydroxylation is 1. The second kappa shape index (κ2) is 11.1. The van der Waals surface area contributed by atoms with Gasteiger partial charge in [-0.25, -0.2) is 0 Å². The molecular weight excluding hydrogens is 372 g/mol. The van der Waals surface area contributed by atoms with Gasteiger partial charge in [-0.15, -0.1) is 6.58 Å². The Kier molecular flexibility index (Phi) is 8.90. The van der Waals surface area contributed by atoms with Crippen LogP contribution < -0.4 is 0 Å². The number of benzene rings is 2. The molecule has 0 aliphatic heterocycles. The van der Waals surface area contributed by atoms with Crippen molar-refractivity contribution in [2.45, 2.75) is 63.2 Å². The fourth-order valence-corrected chi connectivity index (χ4v) is 3.99. The Hall–Kier alpha value is -1.95. The molecule has 152 valence electrons. The minimum atomic E-state index is -3.85. The number of unbranched alkanes of at least 4 members (excludes halogenated alkanes) is 2. The van der Waals surface area contributed by atoms with Gasteiger partial charge in [0.2, 0.25) is 0 Å². The minimum Gasteiger partial charge on any atom is -0.371 e. The van der Waals surface area contributed by atoms with E-state index >= 15 is 0 Å². The molecule has 0 N–H and O–H groups in total. The molecule has 0 aliphatic rings. The lowest BCUT2D eigenvalue weighted by atomic mass is 10.1. The van der Waals surface area contributed by atoms with Crippen molar-refractivity contribution in [2.24, 2.45) is 0 Å². The molecule has 0 spiro atoms. The van der Waals surface area contributed by atoms with E-state index in [0.717, 1.165) is 30.4 Å². The molecule has 0 unspecified atom stereocenters. The van der Waals surface area contributed by atoms with Crippen LogP contribution in [0.15, 0.2) is 72.1 Å². The number of hydrogen-bond donors (Lipinski definition) is 0. The Labute approximate surface area is 169 Å². The van der Waals surface area contributed by atoms with E-state index in [1.54, 1.807) is 24.3 Å². The first-order chi connectivity index (χ1) is 13.4. The highest BCUT2D eigenvalue weighted by molar-refractivity contribution is 7.86. The summed E-state index contributed by atoms with van der Waals surface area (Å²) < 4.78 is 37.0. The normalized spacial score (nSPS) is 13.8. The molecule has 0 aliphatic carbocycles. The van der Waals surface area contributed by atoms with E-state index in [1.165, 1.54) is 0 Å². The highest BCUT2D eigenvalue weighted by atomic mass is 32.2. The van der Waals surface area contributed by atoms with Gasteiger partial charge in [0.05, 0.1) is 17.6 Å². The first-order valence-corrected chi connectivity index (χ1v) is 11.1. The molecule has 4 nitrogen and oxygen atoms in total. The summed E-state index contributed by atoms with van der Waals surface area (Å²) in [4.78, 5) is 0.171. The molecule has 0 saturated carbocycles. The van der Waals surface area contributed by atoms with Crippen LogP contribution in [0.4, 0.5) is 0 Å². The summed E-state index contributed by atoms with van der Waals surface area (Å²) in [6.07, 6.45) is 4.27. The molecule has 0 radical (unpaired) electrons. The topological polar surface area (TPSA) is 52.6 Å². The van der Waals surface area contributed by atoms with Crippen LogP contribution in [-0.4, -0.2) is 20.6 Å². The standard InChI is InChI=1S/C23H30O4S/c1-4-5-6-10-13-23(20(3)26-18-21-11-8-7-9-12-21)27-28(24,25)22-16-14-19(2)15-17-22/h4,7-9,11-12,14-17,20,23H,1,5-6,10,13,18H2,2-3H3/t20-,23-/m0/s1. The van der Waals surface area contributed by atoms with Crippen molar-refractivity contribution in [3.8, 4) is 0 Å². The maximum absolute atomic E-state index is 12.7. The van der Waals surface area contributed by atoms with Crippen LogP contribution in [0, 0.1) is 6.92 Å². The lowest BCUT2D eigenvalue weighted by Crippen LogP contribution is -2.31. The van der Waals surface area contributed by atoms with Crippen molar-refractivity contribution in [3.63, 3.8) is 0 Å². The molecule has 0 amide bonds. The van der Waals surface area contributed by atoms with Gasteiger partial charge < -0.3 is 4.74 Å². The van der Waals surface area contributed by atoms with Crippen molar-refractivity contribution in [3.05, 3.63) is 78.4 Å². The summed E-state index contributed by atoms with van der Waals surface area (Å²) in [6, 6.07) is 16.5. The molecule has 28 heavy (non-hydrogen) atoms. The van der Waals surface area contributed by atoms with Crippen LogP contribution in [0.2, 0.25) is 0 Å². The largest absolute Gasteiger partial charge is 0.371 e. The highest BCUT2D eigenvalue weighted by Crippen LogP contribution is 2.22. The zero-order chi connectivity index (χ0) is 20.4. The Balaban J connectivity index is 2.06. The molecule has 5 heteroatoms. The molecule has 2 rings (SSSR count). The molecule has 2 atom stereocenters. The SMILES string of the molecule is C=CCCCC[C@H](OS(=O)(=O)c1ccc(C)cc1)[C@H](C)OCc1ccccc1. The van der Waals surface area contributed by atoms with Crippen molar-refractivity contribution < 1.29 is 17.3 Å². The zero-order valence-electron chi connectivity index (χ0n) is 16.7. The van der Waals surface area contributed by atoms with E-state index in [4.69, 9.17) is 8.92 Å². The molecule has 2 aromatic rings. The van der Waals surface area contributed by atoms with Crippen LogP contribution in [0.1, 0.15) is 43.7 Å². The first kappa shape index (κ1) is 22.3. The number of allylic oxidation sites excluding steroid dienone is 1. The van der Waals surface area contributed by atoms with Gasteiger partial charge >= 0.3 is 0 Å². The summed E-state index contributed by atoms with van der Waals surface area (Å²) in [5, 5.41) is 0. The van der Waals surface area contributed by atoms with E-state index in [1.807, 2.05) is 50.3 Å². The predicted molar refractivity (Wildman–Crippen MR) is 113 cm³/mol. The molecule has 0 saturated heterocycles. The quantitative estimate of drug-likeness (QED) is 0.270. The van der Waals surface area contributed by atoms with Gasteiger partial charge in [0.15, 0.2) is 0 Å². The summed E-state index contributed by atoms with van der Waals surface area (Å²) in [5.41, 5.74) is 2.04. The number of rotatable bonds is 12. The summed E-state index contributed by atoms with van der Waals surface area (Å²) in [7, 11) is -3.85. The highest BCUT2D eigenvalue weighted by Gasteiger charge is 2.26. The van der Waals surface area contributed by atoms with Crippen LogP contribution in [-0.2, 0) is 25.6 Å². The van der Waals surface area contributed by atoms with E-state index < -0.39 is 16.2 Å². The third-order valence-corrected chi connectivity index (χ3v) is 5.94. The van der Waals surface area contributed by atoms with Crippen LogP contribution in [0.3, 0.4) is 0 Å². The van der Waals surface area contributed by atoms with Crippen molar-refractivity contribution in [2.75, 3.05) is 0 Å². The average molecular weight is 403 g/mol. The van der Waals surface area contributed by atoms with Gasteiger partial charge in [-0.3, -0.25) is 4.18 Å². The van der Waals surface area contributed by atoms with Crippen molar-refractivity contribution in [1.29, 1.82) is 0 Å². The molecule has 0 bridgehead atoms. The maximum atomic E-state index is 12.7. The number of hydrogen-bond acceptors (Lipinski definition) is 4. The van der Waals surface area contributed by atoms with Gasteiger partial charge in [-0.05, 0) is 50.8 Å². The molecule has 2 aromatic carbocycles. The Morgan fingerprint density at radius 3 is 2.36 bits per heavy atom. The average Bonchev–Trinajstić information content (AvgIpc) is 2.69. The number of ether oxygens (including phenoxy) is 1. The Morgan fingerprint density at radius 2 is 1.71 bits per heavy atom. The third kappa shape index (κ3) is 7.23. The maximum Gasteiger partial charge on any atom is 0.297 e. The Morgan fingerprint density at radius 1 is 1.04 bits per heavy atom. The second-order valence-electron chi connectivity index (χ2n) is 6.98. The Bertz CT molecular complexity index is 813. The van der Waals surface area contributed by atoms with Crippen LogP contribution in [0.5, 0.6) is 0 Å².